The molecule has 0 saturated carbocycles. The number of aromatic nitrogens is 1. The number of rotatable bonds is 7. The average Bonchev–Trinajstić information content (AvgIpc) is 3.51. The maximum Gasteiger partial charge on any atom is 0.343 e. The Kier molecular flexibility index (Phi) is 7.76. The topological polar surface area (TPSA) is 106 Å². The molecule has 0 bridgehead atoms. The van der Waals surface area contributed by atoms with Crippen LogP contribution in [-0.2, 0) is 9.59 Å². The Hall–Kier alpha value is -6.87. The summed E-state index contributed by atoms with van der Waals surface area (Å²) in [7, 11) is 0. The predicted octanol–water partition coefficient (Wildman–Crippen LogP) is 8.30. The van der Waals surface area contributed by atoms with E-state index in [1.807, 2.05) is 71.3 Å². The van der Waals surface area contributed by atoms with Crippen LogP contribution in [0.1, 0.15) is 5.56 Å². The second kappa shape index (κ2) is 12.5. The summed E-state index contributed by atoms with van der Waals surface area (Å²) in [6.45, 7) is 0. The molecule has 7 rings (SSSR count). The Bertz CT molecular complexity index is 2130. The smallest absolute Gasteiger partial charge is 0.309 e. The van der Waals surface area contributed by atoms with Crippen LogP contribution in [0.5, 0.6) is 0 Å². The zero-order chi connectivity index (χ0) is 33.2. The molecule has 5 aromatic carbocycles. The van der Waals surface area contributed by atoms with E-state index in [-0.39, 0.29) is 11.3 Å². The minimum atomic E-state index is -0.781. The number of nitro groups is 1. The third-order valence-electron chi connectivity index (χ3n) is 8.04. The van der Waals surface area contributed by atoms with Crippen molar-refractivity contribution < 1.29 is 19.3 Å². The van der Waals surface area contributed by atoms with Crippen LogP contribution in [0.2, 0.25) is 0 Å². The second-order valence-electron chi connectivity index (χ2n) is 11.0. The largest absolute Gasteiger partial charge is 0.343 e. The lowest BCUT2D eigenvalue weighted by atomic mass is 10.0. The van der Waals surface area contributed by atoms with Crippen molar-refractivity contribution in [3.63, 3.8) is 0 Å². The Morgan fingerprint density at radius 2 is 1.00 bits per heavy atom. The van der Waals surface area contributed by atoms with Crippen LogP contribution in [0.25, 0.3) is 34.3 Å². The van der Waals surface area contributed by atoms with Crippen molar-refractivity contribution in [3.05, 3.63) is 173 Å². The average molecular weight is 631 g/mol. The molecule has 0 N–H and O–H groups in total. The first kappa shape index (κ1) is 29.8. The Balaban J connectivity index is 1.50. The van der Waals surface area contributed by atoms with Gasteiger partial charge in [-0.05, 0) is 59.7 Å². The summed E-state index contributed by atoms with van der Waals surface area (Å²) in [6.07, 6.45) is 1.53. The zero-order valence-corrected chi connectivity index (χ0v) is 25.3. The van der Waals surface area contributed by atoms with Gasteiger partial charge in [-0.25, -0.2) is 14.6 Å². The monoisotopic (exact) mass is 630 g/mol. The summed E-state index contributed by atoms with van der Waals surface area (Å²) >= 11 is 0. The molecule has 6 aromatic rings. The van der Waals surface area contributed by atoms with Gasteiger partial charge in [-0.3, -0.25) is 19.7 Å². The third-order valence-corrected chi connectivity index (χ3v) is 8.04. The zero-order valence-electron chi connectivity index (χ0n) is 25.3. The van der Waals surface area contributed by atoms with Gasteiger partial charge in [0.1, 0.15) is 5.57 Å². The molecular weight excluding hydrogens is 604 g/mol. The first-order chi connectivity index (χ1) is 23.4. The van der Waals surface area contributed by atoms with Crippen molar-refractivity contribution in [2.24, 2.45) is 0 Å². The second-order valence-corrected chi connectivity index (χ2v) is 11.0. The van der Waals surface area contributed by atoms with Crippen LogP contribution in [0.3, 0.4) is 0 Å². The molecule has 232 valence electrons. The fourth-order valence-corrected chi connectivity index (χ4v) is 5.84. The van der Waals surface area contributed by atoms with Gasteiger partial charge in [0.25, 0.3) is 17.5 Å². The Labute approximate surface area is 275 Å². The van der Waals surface area contributed by atoms with Gasteiger partial charge in [0, 0.05) is 23.4 Å². The summed E-state index contributed by atoms with van der Waals surface area (Å²) in [6, 6.07) is 43.3. The quantitative estimate of drug-likeness (QED) is 0.0764. The molecule has 4 amide bonds. The summed E-state index contributed by atoms with van der Waals surface area (Å²) < 4.78 is 1.95. The van der Waals surface area contributed by atoms with Crippen molar-refractivity contribution >= 4 is 41.0 Å². The molecule has 2 heterocycles. The number of nitrogens with zero attached hydrogens (tertiary/aromatic N) is 4. The van der Waals surface area contributed by atoms with Gasteiger partial charge in [0.15, 0.2) is 0 Å². The minimum absolute atomic E-state index is 0.0548. The highest BCUT2D eigenvalue weighted by Crippen LogP contribution is 2.39. The van der Waals surface area contributed by atoms with E-state index >= 15 is 0 Å². The Morgan fingerprint density at radius 3 is 1.48 bits per heavy atom. The first-order valence-electron chi connectivity index (χ1n) is 15.1. The van der Waals surface area contributed by atoms with Gasteiger partial charge >= 0.3 is 6.03 Å². The van der Waals surface area contributed by atoms with E-state index in [0.717, 1.165) is 26.6 Å². The number of hydrogen-bond acceptors (Lipinski definition) is 5. The first-order valence-corrected chi connectivity index (χ1v) is 15.1. The van der Waals surface area contributed by atoms with Crippen LogP contribution < -0.4 is 9.80 Å². The van der Waals surface area contributed by atoms with E-state index < -0.39 is 22.8 Å². The highest BCUT2D eigenvalue weighted by molar-refractivity contribution is 6.46. The number of urea groups is 1. The molecule has 0 aliphatic carbocycles. The molecule has 1 saturated heterocycles. The summed E-state index contributed by atoms with van der Waals surface area (Å²) in [4.78, 5) is 55.4. The molecule has 0 radical (unpaired) electrons. The number of para-hydroxylation sites is 2. The third kappa shape index (κ3) is 5.35. The lowest BCUT2D eigenvalue weighted by molar-refractivity contribution is -0.384. The molecule has 0 spiro atoms. The normalized spacial score (nSPS) is 13.2. The maximum absolute atomic E-state index is 14.2. The van der Waals surface area contributed by atoms with Crippen molar-refractivity contribution in [2.45, 2.75) is 0 Å². The van der Waals surface area contributed by atoms with Crippen LogP contribution in [0, 0.1) is 10.1 Å². The molecule has 0 unspecified atom stereocenters. The number of carbonyl (C=O) groups is 3. The fraction of sp³-hybridized carbons (Fsp3) is 0. The molecule has 48 heavy (non-hydrogen) atoms. The summed E-state index contributed by atoms with van der Waals surface area (Å²) in [5.41, 5.74) is 4.53. The molecule has 1 fully saturated rings. The van der Waals surface area contributed by atoms with E-state index in [0.29, 0.717) is 28.3 Å². The molecular formula is C39H26N4O5. The van der Waals surface area contributed by atoms with Crippen LogP contribution in [0.4, 0.5) is 21.9 Å². The van der Waals surface area contributed by atoms with Crippen LogP contribution in [-0.4, -0.2) is 27.3 Å². The number of nitro benzene ring substituents is 1. The van der Waals surface area contributed by atoms with Crippen molar-refractivity contribution in [3.8, 4) is 28.2 Å². The van der Waals surface area contributed by atoms with E-state index in [1.165, 1.54) is 18.2 Å². The lowest BCUT2D eigenvalue weighted by Crippen LogP contribution is -2.57. The molecule has 1 aromatic heterocycles. The van der Waals surface area contributed by atoms with Gasteiger partial charge in [0.05, 0.1) is 27.7 Å². The molecule has 1 aliphatic rings. The van der Waals surface area contributed by atoms with Gasteiger partial charge in [-0.15, -0.1) is 0 Å². The van der Waals surface area contributed by atoms with E-state index in [4.69, 9.17) is 0 Å². The molecule has 9 heteroatoms. The van der Waals surface area contributed by atoms with Crippen LogP contribution in [0.15, 0.2) is 157 Å². The van der Waals surface area contributed by atoms with Crippen molar-refractivity contribution in [1.82, 2.24) is 4.57 Å². The van der Waals surface area contributed by atoms with Crippen molar-refractivity contribution in [2.75, 3.05) is 9.80 Å². The Morgan fingerprint density at radius 1 is 0.542 bits per heavy atom. The number of carbonyl (C=O) groups excluding carboxylic acids is 3. The number of non-ortho nitro benzene ring substituents is 1. The molecule has 9 nitrogen and oxygen atoms in total. The van der Waals surface area contributed by atoms with Gasteiger partial charge < -0.3 is 4.57 Å². The van der Waals surface area contributed by atoms with Gasteiger partial charge in [-0.1, -0.05) is 97.1 Å². The van der Waals surface area contributed by atoms with Crippen LogP contribution >= 0.6 is 0 Å². The highest BCUT2D eigenvalue weighted by atomic mass is 16.6. The van der Waals surface area contributed by atoms with Gasteiger partial charge in [-0.2, -0.15) is 0 Å². The summed E-state index contributed by atoms with van der Waals surface area (Å²) in [5.74, 6) is -1.52. The number of barbiturate groups is 1. The predicted molar refractivity (Wildman–Crippen MR) is 185 cm³/mol. The van der Waals surface area contributed by atoms with Crippen molar-refractivity contribution in [1.29, 1.82) is 0 Å². The van der Waals surface area contributed by atoms with E-state index in [2.05, 4.69) is 0 Å². The van der Waals surface area contributed by atoms with Gasteiger partial charge in [0.2, 0.25) is 0 Å². The number of amides is 4. The molecule has 0 atom stereocenters. The number of hydrogen-bond donors (Lipinski definition) is 0. The van der Waals surface area contributed by atoms with E-state index in [1.54, 1.807) is 72.8 Å². The number of anilines is 2. The fourth-order valence-electron chi connectivity index (χ4n) is 5.84. The lowest BCUT2D eigenvalue weighted by Gasteiger charge is -2.33. The summed E-state index contributed by atoms with van der Waals surface area (Å²) in [5, 5.41) is 11.5. The number of imide groups is 2. The SMILES string of the molecule is O=C1C(=Cc2cc(-c3ccccc3)n(-c3ccc([N+](=O)[O-])cc3)c2-c2ccccc2)C(=O)N(c2ccccc2)C(=O)N1c1ccccc1. The number of benzene rings is 5. The standard InChI is InChI=1S/C39H26N4O5/c44-37-34(38(45)42(31-19-11-4-12-20-31)39(46)41(37)30-17-9-3-10-18-30)25-29-26-35(27-13-5-1-6-14-27)40(36(29)28-15-7-2-8-16-28)32-21-23-33(24-22-32)43(47)48/h1-26H. The minimum Gasteiger partial charge on any atom is -0.309 e. The molecule has 1 aliphatic heterocycles. The van der Waals surface area contributed by atoms with E-state index in [9.17, 15) is 24.5 Å². The highest BCUT2D eigenvalue weighted by Gasteiger charge is 2.44. The maximum atomic E-state index is 14.2.